The Hall–Kier alpha value is -1.81. The number of rotatable bonds is 6. The summed E-state index contributed by atoms with van der Waals surface area (Å²) in [6.45, 7) is 8.29. The number of benzene rings is 1. The Morgan fingerprint density at radius 3 is 2.71 bits per heavy atom. The van der Waals surface area contributed by atoms with E-state index in [4.69, 9.17) is 0 Å². The van der Waals surface area contributed by atoms with Gasteiger partial charge in [-0.05, 0) is 49.9 Å². The maximum absolute atomic E-state index is 12.8. The Morgan fingerprint density at radius 2 is 2.10 bits per heavy atom. The summed E-state index contributed by atoms with van der Waals surface area (Å²) in [5, 5.41) is 5.34. The average molecular weight is 302 g/mol. The molecule has 0 aliphatic heterocycles. The maximum atomic E-state index is 12.8. The number of hydrogen-bond acceptors (Lipinski definition) is 3. The van der Waals surface area contributed by atoms with E-state index in [0.717, 1.165) is 23.4 Å². The summed E-state index contributed by atoms with van der Waals surface area (Å²) in [7, 11) is 0. The van der Waals surface area contributed by atoms with Crippen molar-refractivity contribution in [1.82, 2.24) is 4.90 Å². The number of amides is 1. The molecule has 1 N–H and O–H groups in total. The Kier molecular flexibility index (Phi) is 5.39. The standard InChI is InChI=1S/C17H22N2OS/c1-4-18-16-11-13(3)8-9-15(16)17(20)19(5-2)12-14-7-6-10-21-14/h6-11,18H,4-5,12H2,1-3H3. The third-order valence-electron chi connectivity index (χ3n) is 3.37. The van der Waals surface area contributed by atoms with Gasteiger partial charge in [0.1, 0.15) is 0 Å². The zero-order chi connectivity index (χ0) is 15.2. The fourth-order valence-corrected chi connectivity index (χ4v) is 2.99. The highest BCUT2D eigenvalue weighted by Crippen LogP contribution is 2.21. The first-order chi connectivity index (χ1) is 10.2. The summed E-state index contributed by atoms with van der Waals surface area (Å²) in [6.07, 6.45) is 0. The van der Waals surface area contributed by atoms with Gasteiger partial charge in [0.25, 0.3) is 5.91 Å². The van der Waals surface area contributed by atoms with Crippen molar-refractivity contribution in [3.05, 3.63) is 51.7 Å². The molecule has 0 spiro atoms. The third kappa shape index (κ3) is 3.85. The lowest BCUT2D eigenvalue weighted by Crippen LogP contribution is -2.30. The number of carbonyl (C=O) groups is 1. The van der Waals surface area contributed by atoms with Gasteiger partial charge in [-0.3, -0.25) is 4.79 Å². The second-order valence-electron chi connectivity index (χ2n) is 4.98. The molecule has 0 fully saturated rings. The van der Waals surface area contributed by atoms with E-state index < -0.39 is 0 Å². The molecule has 2 aromatic rings. The van der Waals surface area contributed by atoms with Crippen LogP contribution in [-0.4, -0.2) is 23.9 Å². The summed E-state index contributed by atoms with van der Waals surface area (Å²) in [5.74, 6) is 0.0850. The van der Waals surface area contributed by atoms with E-state index in [0.29, 0.717) is 13.1 Å². The topological polar surface area (TPSA) is 32.3 Å². The van der Waals surface area contributed by atoms with Crippen molar-refractivity contribution in [3.8, 4) is 0 Å². The molecule has 0 radical (unpaired) electrons. The number of thiophene rings is 1. The molecule has 3 nitrogen and oxygen atoms in total. The second kappa shape index (κ2) is 7.27. The molecule has 1 amide bonds. The normalized spacial score (nSPS) is 10.4. The van der Waals surface area contributed by atoms with Gasteiger partial charge in [-0.15, -0.1) is 11.3 Å². The van der Waals surface area contributed by atoms with Crippen molar-refractivity contribution in [2.24, 2.45) is 0 Å². The van der Waals surface area contributed by atoms with Crippen molar-refractivity contribution >= 4 is 22.9 Å². The lowest BCUT2D eigenvalue weighted by molar-refractivity contribution is 0.0755. The summed E-state index contributed by atoms with van der Waals surface area (Å²) >= 11 is 1.69. The van der Waals surface area contributed by atoms with E-state index in [1.54, 1.807) is 11.3 Å². The van der Waals surface area contributed by atoms with Gasteiger partial charge in [-0.1, -0.05) is 12.1 Å². The van der Waals surface area contributed by atoms with E-state index in [-0.39, 0.29) is 5.91 Å². The first-order valence-electron chi connectivity index (χ1n) is 7.31. The minimum Gasteiger partial charge on any atom is -0.385 e. The van der Waals surface area contributed by atoms with Gasteiger partial charge in [-0.25, -0.2) is 0 Å². The molecular weight excluding hydrogens is 280 g/mol. The SMILES string of the molecule is CCNc1cc(C)ccc1C(=O)N(CC)Cc1cccs1. The molecule has 21 heavy (non-hydrogen) atoms. The molecule has 0 aliphatic rings. The van der Waals surface area contributed by atoms with Gasteiger partial charge in [-0.2, -0.15) is 0 Å². The summed E-state index contributed by atoms with van der Waals surface area (Å²) in [5.41, 5.74) is 2.83. The van der Waals surface area contributed by atoms with Crippen molar-refractivity contribution in [2.45, 2.75) is 27.3 Å². The van der Waals surface area contributed by atoms with Gasteiger partial charge in [0.2, 0.25) is 0 Å². The zero-order valence-electron chi connectivity index (χ0n) is 12.8. The molecule has 0 atom stereocenters. The summed E-state index contributed by atoms with van der Waals surface area (Å²) in [4.78, 5) is 15.9. The van der Waals surface area contributed by atoms with Crippen LogP contribution in [0.3, 0.4) is 0 Å². The van der Waals surface area contributed by atoms with E-state index >= 15 is 0 Å². The first-order valence-corrected chi connectivity index (χ1v) is 8.19. The zero-order valence-corrected chi connectivity index (χ0v) is 13.7. The molecule has 0 bridgehead atoms. The van der Waals surface area contributed by atoms with E-state index in [2.05, 4.69) is 11.4 Å². The smallest absolute Gasteiger partial charge is 0.256 e. The van der Waals surface area contributed by atoms with Gasteiger partial charge >= 0.3 is 0 Å². The van der Waals surface area contributed by atoms with Gasteiger partial charge in [0.05, 0.1) is 12.1 Å². The lowest BCUT2D eigenvalue weighted by Gasteiger charge is -2.22. The predicted octanol–water partition coefficient (Wildman–Crippen LogP) is 4.15. The average Bonchev–Trinajstić information content (AvgIpc) is 2.97. The molecule has 2 rings (SSSR count). The highest BCUT2D eigenvalue weighted by atomic mass is 32.1. The maximum Gasteiger partial charge on any atom is 0.256 e. The Balaban J connectivity index is 2.24. The highest BCUT2D eigenvalue weighted by molar-refractivity contribution is 7.09. The third-order valence-corrected chi connectivity index (χ3v) is 4.23. The Labute approximate surface area is 130 Å². The number of nitrogens with one attached hydrogen (secondary N) is 1. The number of aryl methyl sites for hydroxylation is 1. The molecule has 0 saturated heterocycles. The molecule has 0 aliphatic carbocycles. The van der Waals surface area contributed by atoms with Crippen LogP contribution in [0.4, 0.5) is 5.69 Å². The summed E-state index contributed by atoms with van der Waals surface area (Å²) < 4.78 is 0. The number of carbonyl (C=O) groups excluding carboxylic acids is 1. The molecule has 4 heteroatoms. The monoisotopic (exact) mass is 302 g/mol. The number of hydrogen-bond donors (Lipinski definition) is 1. The van der Waals surface area contributed by atoms with E-state index in [1.165, 1.54) is 4.88 Å². The summed E-state index contributed by atoms with van der Waals surface area (Å²) in [6, 6.07) is 10.0. The molecule has 1 heterocycles. The van der Waals surface area contributed by atoms with E-state index in [9.17, 15) is 4.79 Å². The minimum atomic E-state index is 0.0850. The molecule has 0 unspecified atom stereocenters. The molecule has 1 aromatic carbocycles. The van der Waals surface area contributed by atoms with Crippen LogP contribution >= 0.6 is 11.3 Å². The number of anilines is 1. The fourth-order valence-electron chi connectivity index (χ4n) is 2.27. The fraction of sp³-hybridized carbons (Fsp3) is 0.353. The Bertz CT molecular complexity index is 593. The highest BCUT2D eigenvalue weighted by Gasteiger charge is 2.18. The van der Waals surface area contributed by atoms with Crippen LogP contribution in [0.1, 0.15) is 34.6 Å². The van der Waals surface area contributed by atoms with Crippen molar-refractivity contribution in [1.29, 1.82) is 0 Å². The van der Waals surface area contributed by atoms with Crippen LogP contribution in [0.2, 0.25) is 0 Å². The van der Waals surface area contributed by atoms with Crippen LogP contribution in [0, 0.1) is 6.92 Å². The van der Waals surface area contributed by atoms with Crippen LogP contribution in [0.25, 0.3) is 0 Å². The Morgan fingerprint density at radius 1 is 1.29 bits per heavy atom. The quantitative estimate of drug-likeness (QED) is 0.869. The van der Waals surface area contributed by atoms with E-state index in [1.807, 2.05) is 55.3 Å². The van der Waals surface area contributed by atoms with Crippen LogP contribution in [0.5, 0.6) is 0 Å². The lowest BCUT2D eigenvalue weighted by atomic mass is 10.1. The van der Waals surface area contributed by atoms with Crippen molar-refractivity contribution in [2.75, 3.05) is 18.4 Å². The van der Waals surface area contributed by atoms with Crippen molar-refractivity contribution < 1.29 is 4.79 Å². The van der Waals surface area contributed by atoms with Gasteiger partial charge in [0, 0.05) is 23.7 Å². The molecule has 112 valence electrons. The van der Waals surface area contributed by atoms with Crippen molar-refractivity contribution in [3.63, 3.8) is 0 Å². The van der Waals surface area contributed by atoms with Crippen LogP contribution in [-0.2, 0) is 6.54 Å². The van der Waals surface area contributed by atoms with Crippen LogP contribution < -0.4 is 5.32 Å². The first kappa shape index (κ1) is 15.6. The largest absolute Gasteiger partial charge is 0.385 e. The van der Waals surface area contributed by atoms with Gasteiger partial charge < -0.3 is 10.2 Å². The number of nitrogens with zero attached hydrogens (tertiary/aromatic N) is 1. The predicted molar refractivity (Wildman–Crippen MR) is 90.1 cm³/mol. The second-order valence-corrected chi connectivity index (χ2v) is 6.01. The molecular formula is C17H22N2OS. The molecule has 1 aromatic heterocycles. The minimum absolute atomic E-state index is 0.0850. The van der Waals surface area contributed by atoms with Crippen LogP contribution in [0.15, 0.2) is 35.7 Å². The molecule has 0 saturated carbocycles. The van der Waals surface area contributed by atoms with Gasteiger partial charge in [0.15, 0.2) is 0 Å².